The van der Waals surface area contributed by atoms with E-state index in [2.05, 4.69) is 16.2 Å². The number of aromatic nitrogens is 4. The quantitative estimate of drug-likeness (QED) is 0.536. The second-order valence-electron chi connectivity index (χ2n) is 6.90. The Morgan fingerprint density at radius 2 is 2.03 bits per heavy atom. The fourth-order valence-electron chi connectivity index (χ4n) is 3.44. The Labute approximate surface area is 179 Å². The smallest absolute Gasteiger partial charge is 0.361 e. The highest BCUT2D eigenvalue weighted by Gasteiger charge is 2.26. The van der Waals surface area contributed by atoms with Gasteiger partial charge in [-0.3, -0.25) is 14.0 Å². The molecule has 160 valence electrons. The van der Waals surface area contributed by atoms with Crippen LogP contribution in [0.5, 0.6) is 5.75 Å². The SMILES string of the molecule is CCOC(=O)c1nc(CC(c2cnn(C)c2)c2ccccc2C#N)n(C)c(=O)c1OC. The van der Waals surface area contributed by atoms with Crippen molar-refractivity contribution < 1.29 is 14.3 Å². The Kier molecular flexibility index (Phi) is 6.50. The van der Waals surface area contributed by atoms with E-state index in [4.69, 9.17) is 9.47 Å². The summed E-state index contributed by atoms with van der Waals surface area (Å²) < 4.78 is 13.2. The van der Waals surface area contributed by atoms with Gasteiger partial charge in [0.25, 0.3) is 5.56 Å². The number of esters is 1. The minimum absolute atomic E-state index is 0.141. The molecule has 2 heterocycles. The maximum Gasteiger partial charge on any atom is 0.361 e. The summed E-state index contributed by atoms with van der Waals surface area (Å²) in [5.74, 6) is -0.852. The van der Waals surface area contributed by atoms with Crippen molar-refractivity contribution in [2.24, 2.45) is 14.1 Å². The molecule has 0 spiro atoms. The molecule has 1 aromatic carbocycles. The van der Waals surface area contributed by atoms with Crippen LogP contribution >= 0.6 is 0 Å². The van der Waals surface area contributed by atoms with Crippen molar-refractivity contribution >= 4 is 5.97 Å². The number of benzene rings is 1. The van der Waals surface area contributed by atoms with E-state index < -0.39 is 11.5 Å². The summed E-state index contributed by atoms with van der Waals surface area (Å²) in [6.07, 6.45) is 3.83. The lowest BCUT2D eigenvalue weighted by Gasteiger charge is -2.19. The minimum Gasteiger partial charge on any atom is -0.489 e. The molecule has 31 heavy (non-hydrogen) atoms. The van der Waals surface area contributed by atoms with Crippen LogP contribution in [-0.4, -0.2) is 39.0 Å². The average Bonchev–Trinajstić information content (AvgIpc) is 3.20. The van der Waals surface area contributed by atoms with Gasteiger partial charge in [-0.25, -0.2) is 9.78 Å². The number of methoxy groups -OCH3 is 1. The lowest BCUT2D eigenvalue weighted by atomic mass is 9.87. The van der Waals surface area contributed by atoms with E-state index in [1.54, 1.807) is 44.0 Å². The highest BCUT2D eigenvalue weighted by molar-refractivity contribution is 5.90. The van der Waals surface area contributed by atoms with E-state index in [1.165, 1.54) is 11.7 Å². The third kappa shape index (κ3) is 4.33. The Morgan fingerprint density at radius 1 is 1.29 bits per heavy atom. The predicted molar refractivity (Wildman–Crippen MR) is 112 cm³/mol. The van der Waals surface area contributed by atoms with Gasteiger partial charge in [0.1, 0.15) is 5.82 Å². The van der Waals surface area contributed by atoms with Crippen LogP contribution in [0.2, 0.25) is 0 Å². The van der Waals surface area contributed by atoms with Crippen LogP contribution in [0.15, 0.2) is 41.5 Å². The number of aryl methyl sites for hydroxylation is 1. The molecule has 0 aliphatic rings. The summed E-state index contributed by atoms with van der Waals surface area (Å²) >= 11 is 0. The first-order chi connectivity index (χ1) is 14.9. The Bertz CT molecular complexity index is 1210. The molecule has 0 saturated heterocycles. The van der Waals surface area contributed by atoms with Crippen molar-refractivity contribution in [2.75, 3.05) is 13.7 Å². The van der Waals surface area contributed by atoms with Gasteiger partial charge in [-0.1, -0.05) is 18.2 Å². The summed E-state index contributed by atoms with van der Waals surface area (Å²) in [5, 5.41) is 13.9. The third-order valence-corrected chi connectivity index (χ3v) is 4.99. The molecule has 3 aromatic rings. The van der Waals surface area contributed by atoms with E-state index >= 15 is 0 Å². The predicted octanol–water partition coefficient (Wildman–Crippen LogP) is 1.95. The summed E-state index contributed by atoms with van der Waals surface area (Å²) in [6.45, 7) is 1.81. The van der Waals surface area contributed by atoms with Crippen LogP contribution in [0, 0.1) is 11.3 Å². The monoisotopic (exact) mass is 421 g/mol. The zero-order valence-corrected chi connectivity index (χ0v) is 17.8. The van der Waals surface area contributed by atoms with Gasteiger partial charge < -0.3 is 9.47 Å². The molecule has 0 bridgehead atoms. The van der Waals surface area contributed by atoms with Crippen molar-refractivity contribution in [3.63, 3.8) is 0 Å². The highest BCUT2D eigenvalue weighted by atomic mass is 16.5. The average molecular weight is 421 g/mol. The third-order valence-electron chi connectivity index (χ3n) is 4.99. The van der Waals surface area contributed by atoms with E-state index in [9.17, 15) is 14.9 Å². The van der Waals surface area contributed by atoms with E-state index in [1.807, 2.05) is 18.3 Å². The van der Waals surface area contributed by atoms with Gasteiger partial charge in [-0.15, -0.1) is 0 Å². The number of rotatable bonds is 7. The maximum atomic E-state index is 12.9. The molecule has 0 aliphatic heterocycles. The summed E-state index contributed by atoms with van der Waals surface area (Å²) in [5.41, 5.74) is 1.49. The normalized spacial score (nSPS) is 11.6. The van der Waals surface area contributed by atoms with E-state index in [0.29, 0.717) is 11.4 Å². The number of hydrogen-bond donors (Lipinski definition) is 0. The van der Waals surface area contributed by atoms with Crippen molar-refractivity contribution in [1.29, 1.82) is 5.26 Å². The lowest BCUT2D eigenvalue weighted by Crippen LogP contribution is -2.28. The standard InChI is InChI=1S/C22H23N5O4/c1-5-31-22(29)19-20(30-4)21(28)27(3)18(25-19)10-17(15-12-24-26(2)13-15)16-9-7-6-8-14(16)11-23/h6-9,12-13,17H,5,10H2,1-4H3. The van der Waals surface area contributed by atoms with Crippen molar-refractivity contribution in [2.45, 2.75) is 19.3 Å². The summed E-state index contributed by atoms with van der Waals surface area (Å²) in [7, 11) is 4.68. The van der Waals surface area contributed by atoms with Crippen LogP contribution < -0.4 is 10.3 Å². The molecule has 9 heteroatoms. The van der Waals surface area contributed by atoms with E-state index in [0.717, 1.165) is 11.1 Å². The second-order valence-corrected chi connectivity index (χ2v) is 6.90. The highest BCUT2D eigenvalue weighted by Crippen LogP contribution is 2.30. The van der Waals surface area contributed by atoms with Gasteiger partial charge in [0.2, 0.25) is 5.75 Å². The molecule has 0 radical (unpaired) electrons. The van der Waals surface area contributed by atoms with Crippen molar-refractivity contribution in [3.05, 3.63) is 75.2 Å². The van der Waals surface area contributed by atoms with Crippen LogP contribution in [-0.2, 0) is 25.3 Å². The van der Waals surface area contributed by atoms with Gasteiger partial charge in [-0.05, 0) is 24.1 Å². The first-order valence-electron chi connectivity index (χ1n) is 9.69. The molecule has 0 amide bonds. The molecule has 1 atom stereocenters. The molecule has 0 fully saturated rings. The molecular weight excluding hydrogens is 398 g/mol. The Morgan fingerprint density at radius 3 is 2.65 bits per heavy atom. The molecule has 0 saturated carbocycles. The van der Waals surface area contributed by atoms with Gasteiger partial charge in [0.15, 0.2) is 5.69 Å². The van der Waals surface area contributed by atoms with Crippen molar-refractivity contribution in [3.8, 4) is 11.8 Å². The fraction of sp³-hybridized carbons (Fsp3) is 0.318. The minimum atomic E-state index is -0.728. The fourth-order valence-corrected chi connectivity index (χ4v) is 3.44. The van der Waals surface area contributed by atoms with Gasteiger partial charge in [0.05, 0.1) is 31.5 Å². The topological polar surface area (TPSA) is 112 Å². The summed E-state index contributed by atoms with van der Waals surface area (Å²) in [4.78, 5) is 29.7. The number of nitrogens with zero attached hydrogens (tertiary/aromatic N) is 5. The first-order valence-corrected chi connectivity index (χ1v) is 9.69. The molecule has 0 N–H and O–H groups in total. The largest absolute Gasteiger partial charge is 0.489 e. The van der Waals surface area contributed by atoms with Gasteiger partial charge in [0, 0.05) is 32.6 Å². The molecule has 2 aromatic heterocycles. The first kappa shape index (κ1) is 21.8. The Hall–Kier alpha value is -3.93. The lowest BCUT2D eigenvalue weighted by molar-refractivity contribution is 0.0514. The van der Waals surface area contributed by atoms with Crippen LogP contribution in [0.4, 0.5) is 0 Å². The van der Waals surface area contributed by atoms with Crippen LogP contribution in [0.1, 0.15) is 45.8 Å². The van der Waals surface area contributed by atoms with Crippen LogP contribution in [0.3, 0.4) is 0 Å². The number of ether oxygens (including phenoxy) is 2. The number of nitriles is 1. The molecule has 9 nitrogen and oxygen atoms in total. The number of carbonyl (C=O) groups excluding carboxylic acids is 1. The van der Waals surface area contributed by atoms with Gasteiger partial charge >= 0.3 is 5.97 Å². The van der Waals surface area contributed by atoms with Gasteiger partial charge in [-0.2, -0.15) is 10.4 Å². The molecule has 1 unspecified atom stereocenters. The van der Waals surface area contributed by atoms with Crippen molar-refractivity contribution in [1.82, 2.24) is 19.3 Å². The molecule has 3 rings (SSSR count). The Balaban J connectivity index is 2.17. The zero-order valence-electron chi connectivity index (χ0n) is 17.8. The summed E-state index contributed by atoms with van der Waals surface area (Å²) in [6, 6.07) is 9.47. The zero-order chi connectivity index (χ0) is 22.5. The maximum absolute atomic E-state index is 12.9. The molecular formula is C22H23N5O4. The van der Waals surface area contributed by atoms with Crippen LogP contribution in [0.25, 0.3) is 0 Å². The number of carbonyl (C=O) groups is 1. The second kappa shape index (κ2) is 9.26. The number of hydrogen-bond acceptors (Lipinski definition) is 7. The molecule has 0 aliphatic carbocycles. The van der Waals surface area contributed by atoms with E-state index in [-0.39, 0.29) is 30.4 Å².